The van der Waals surface area contributed by atoms with E-state index in [1.165, 1.54) is 7.11 Å². The molecule has 0 spiro atoms. The van der Waals surface area contributed by atoms with E-state index in [1.54, 1.807) is 6.92 Å². The van der Waals surface area contributed by atoms with Crippen molar-refractivity contribution in [2.75, 3.05) is 32.7 Å². The summed E-state index contributed by atoms with van der Waals surface area (Å²) in [5.41, 5.74) is -0.503. The number of hydrogen-bond donors (Lipinski definition) is 0. The van der Waals surface area contributed by atoms with E-state index in [0.717, 1.165) is 11.8 Å². The largest absolute Gasteiger partial charge is 0.463 e. The number of sulfone groups is 1. The van der Waals surface area contributed by atoms with Crippen molar-refractivity contribution in [3.05, 3.63) is 11.3 Å². The van der Waals surface area contributed by atoms with Crippen LogP contribution in [-0.4, -0.2) is 81.3 Å². The van der Waals surface area contributed by atoms with Crippen LogP contribution in [0.4, 0.5) is 0 Å². The highest BCUT2D eigenvalue weighted by Crippen LogP contribution is 2.38. The molecule has 2 heterocycles. The first-order valence-electron chi connectivity index (χ1n) is 7.89. The second kappa shape index (κ2) is 8.05. The minimum Gasteiger partial charge on any atom is -0.463 e. The molecule has 2 rings (SSSR count). The van der Waals surface area contributed by atoms with Gasteiger partial charge in [0, 0.05) is 19.6 Å². The van der Waals surface area contributed by atoms with Crippen molar-refractivity contribution < 1.29 is 46.5 Å². The molecule has 0 saturated carbocycles. The zero-order valence-corrected chi connectivity index (χ0v) is 15.7. The number of hydrogen-bond acceptors (Lipinski definition) is 10. The molecule has 1 unspecified atom stereocenters. The fourth-order valence-corrected chi connectivity index (χ4v) is 4.76. The van der Waals surface area contributed by atoms with E-state index in [4.69, 9.17) is 14.2 Å². The second-order valence-electron chi connectivity index (χ2n) is 5.68. The normalized spacial score (nSPS) is 23.2. The molecule has 11 nitrogen and oxygen atoms in total. The number of fused-ring (bicyclic) bond motifs is 1. The predicted molar refractivity (Wildman–Crippen MR) is 86.5 cm³/mol. The van der Waals surface area contributed by atoms with Crippen LogP contribution in [0, 0.1) is 0 Å². The molecule has 0 aromatic carbocycles. The van der Waals surface area contributed by atoms with Gasteiger partial charge in [-0.3, -0.25) is 14.5 Å². The van der Waals surface area contributed by atoms with Gasteiger partial charge < -0.3 is 18.9 Å². The van der Waals surface area contributed by atoms with Crippen LogP contribution in [0.3, 0.4) is 0 Å². The van der Waals surface area contributed by atoms with Gasteiger partial charge in [-0.2, -0.15) is 0 Å². The van der Waals surface area contributed by atoms with Crippen molar-refractivity contribution in [2.24, 2.45) is 0 Å². The van der Waals surface area contributed by atoms with Crippen LogP contribution < -0.4 is 0 Å². The SMILES string of the molecule is CCOC(=O)COC(=O)C1=C(COC(C)=O)CS(=O)(=O)C2[C@H](OC)C(=O)N12. The molecule has 27 heavy (non-hydrogen) atoms. The third-order valence-corrected chi connectivity index (χ3v) is 5.78. The Hall–Kier alpha value is -2.47. The predicted octanol–water partition coefficient (Wildman–Crippen LogP) is -1.48. The van der Waals surface area contributed by atoms with E-state index in [0.29, 0.717) is 0 Å². The van der Waals surface area contributed by atoms with Gasteiger partial charge in [-0.05, 0) is 6.92 Å². The molecular formula is C15H19NO10S. The smallest absolute Gasteiger partial charge is 0.355 e. The number of amides is 1. The molecule has 1 amide bonds. The number of ether oxygens (including phenoxy) is 4. The maximum Gasteiger partial charge on any atom is 0.355 e. The molecule has 12 heteroatoms. The van der Waals surface area contributed by atoms with Crippen LogP contribution in [0.1, 0.15) is 13.8 Å². The molecule has 1 saturated heterocycles. The summed E-state index contributed by atoms with van der Waals surface area (Å²) in [6.07, 6.45) is -1.25. The van der Waals surface area contributed by atoms with Crippen LogP contribution >= 0.6 is 0 Å². The van der Waals surface area contributed by atoms with E-state index in [9.17, 15) is 27.6 Å². The van der Waals surface area contributed by atoms with Crippen molar-refractivity contribution >= 4 is 33.7 Å². The summed E-state index contributed by atoms with van der Waals surface area (Å²) in [5.74, 6) is -4.00. The topological polar surface area (TPSA) is 143 Å². The molecule has 2 aliphatic rings. The second-order valence-corrected chi connectivity index (χ2v) is 7.77. The summed E-state index contributed by atoms with van der Waals surface area (Å²) in [5, 5.41) is -1.39. The van der Waals surface area contributed by atoms with E-state index in [-0.39, 0.29) is 17.9 Å². The molecule has 0 bridgehead atoms. The van der Waals surface area contributed by atoms with Crippen molar-refractivity contribution in [1.29, 1.82) is 0 Å². The quantitative estimate of drug-likeness (QED) is 0.279. The lowest BCUT2D eigenvalue weighted by atomic mass is 10.1. The Morgan fingerprint density at radius 3 is 2.41 bits per heavy atom. The van der Waals surface area contributed by atoms with Crippen LogP contribution in [0.2, 0.25) is 0 Å². The first kappa shape index (κ1) is 20.8. The third-order valence-electron chi connectivity index (χ3n) is 3.84. The maximum absolute atomic E-state index is 12.5. The van der Waals surface area contributed by atoms with Crippen LogP contribution in [0.15, 0.2) is 11.3 Å². The van der Waals surface area contributed by atoms with Crippen LogP contribution in [-0.2, 0) is 48.0 Å². The van der Waals surface area contributed by atoms with Gasteiger partial charge in [0.1, 0.15) is 12.3 Å². The number of β-lactam (4-membered cyclic amide) rings is 1. The highest BCUT2D eigenvalue weighted by Gasteiger charge is 2.60. The van der Waals surface area contributed by atoms with Gasteiger partial charge in [0.15, 0.2) is 27.9 Å². The average molecular weight is 405 g/mol. The highest BCUT2D eigenvalue weighted by molar-refractivity contribution is 7.92. The number of carbonyl (C=O) groups excluding carboxylic acids is 4. The van der Waals surface area contributed by atoms with Gasteiger partial charge in [-0.15, -0.1) is 0 Å². The van der Waals surface area contributed by atoms with Gasteiger partial charge in [0.25, 0.3) is 5.91 Å². The molecule has 0 radical (unpaired) electrons. The minimum absolute atomic E-state index is 0.0806. The molecule has 0 aliphatic carbocycles. The van der Waals surface area contributed by atoms with Gasteiger partial charge >= 0.3 is 17.9 Å². The molecule has 2 atom stereocenters. The summed E-state index contributed by atoms with van der Waals surface area (Å²) < 4.78 is 44.1. The maximum atomic E-state index is 12.5. The zero-order chi connectivity index (χ0) is 20.4. The Kier molecular flexibility index (Phi) is 6.21. The van der Waals surface area contributed by atoms with E-state index in [2.05, 4.69) is 4.74 Å². The molecule has 0 N–H and O–H groups in total. The molecule has 0 aromatic heterocycles. The molecule has 1 fully saturated rings. The lowest BCUT2D eigenvalue weighted by Crippen LogP contribution is -2.70. The summed E-state index contributed by atoms with van der Waals surface area (Å²) >= 11 is 0. The van der Waals surface area contributed by atoms with E-state index < -0.39 is 64.1 Å². The fourth-order valence-electron chi connectivity index (χ4n) is 2.75. The monoisotopic (exact) mass is 405 g/mol. The lowest BCUT2D eigenvalue weighted by molar-refractivity contribution is -0.166. The number of nitrogens with zero attached hydrogens (tertiary/aromatic N) is 1. The van der Waals surface area contributed by atoms with Crippen molar-refractivity contribution in [2.45, 2.75) is 25.3 Å². The minimum atomic E-state index is -3.89. The zero-order valence-electron chi connectivity index (χ0n) is 14.9. The van der Waals surface area contributed by atoms with Crippen LogP contribution in [0.5, 0.6) is 0 Å². The number of esters is 3. The van der Waals surface area contributed by atoms with Gasteiger partial charge in [-0.25, -0.2) is 18.0 Å². The first-order valence-corrected chi connectivity index (χ1v) is 9.61. The van der Waals surface area contributed by atoms with Gasteiger partial charge in [-0.1, -0.05) is 0 Å². The van der Waals surface area contributed by atoms with Crippen molar-refractivity contribution in [3.63, 3.8) is 0 Å². The Morgan fingerprint density at radius 1 is 1.19 bits per heavy atom. The number of methoxy groups -OCH3 is 1. The standard InChI is InChI=1S/C15H19NO10S/c1-4-24-10(18)6-26-15(20)11-9(5-25-8(2)17)7-27(21,22)14-12(23-3)13(19)16(11)14/h12,14H,4-7H2,1-3H3/t12-,14?/m1/s1. The van der Waals surface area contributed by atoms with Crippen molar-refractivity contribution in [3.8, 4) is 0 Å². The van der Waals surface area contributed by atoms with Crippen molar-refractivity contribution in [1.82, 2.24) is 4.90 Å². The Balaban J connectivity index is 2.35. The summed E-state index contributed by atoms with van der Waals surface area (Å²) in [6, 6.07) is 0. The third kappa shape index (κ3) is 4.11. The number of rotatable bonds is 7. The van der Waals surface area contributed by atoms with Gasteiger partial charge in [0.05, 0.1) is 12.4 Å². The lowest BCUT2D eigenvalue weighted by Gasteiger charge is -2.48. The molecule has 2 aliphatic heterocycles. The van der Waals surface area contributed by atoms with Crippen LogP contribution in [0.25, 0.3) is 0 Å². The van der Waals surface area contributed by atoms with E-state index >= 15 is 0 Å². The first-order chi connectivity index (χ1) is 12.6. The highest BCUT2D eigenvalue weighted by atomic mass is 32.2. The number of carbonyl (C=O) groups is 4. The summed E-state index contributed by atoms with van der Waals surface area (Å²) in [6.45, 7) is 1.52. The fraction of sp³-hybridized carbons (Fsp3) is 0.600. The Labute approximate surface area is 155 Å². The molecule has 0 aromatic rings. The van der Waals surface area contributed by atoms with E-state index in [1.807, 2.05) is 0 Å². The molecular weight excluding hydrogens is 386 g/mol. The van der Waals surface area contributed by atoms with Gasteiger partial charge in [0.2, 0.25) is 0 Å². The summed E-state index contributed by atoms with van der Waals surface area (Å²) in [7, 11) is -2.72. The average Bonchev–Trinajstić information content (AvgIpc) is 2.58. The Bertz CT molecular complexity index is 799. The Morgan fingerprint density at radius 2 is 1.85 bits per heavy atom. The molecule has 150 valence electrons. The summed E-state index contributed by atoms with van der Waals surface area (Å²) in [4.78, 5) is 47.9.